The average molecular weight is 304 g/mol. The number of aromatic nitrogens is 1. The van der Waals surface area contributed by atoms with Gasteiger partial charge in [-0.2, -0.15) is 0 Å². The molecule has 4 nitrogen and oxygen atoms in total. The molecule has 21 heavy (non-hydrogen) atoms. The van der Waals surface area contributed by atoms with E-state index in [-0.39, 0.29) is 11.8 Å². The van der Waals surface area contributed by atoms with Crippen molar-refractivity contribution in [3.63, 3.8) is 0 Å². The number of anilines is 1. The van der Waals surface area contributed by atoms with Crippen LogP contribution in [0.25, 0.3) is 0 Å². The van der Waals surface area contributed by atoms with Crippen molar-refractivity contribution in [3.8, 4) is 0 Å². The van der Waals surface area contributed by atoms with Gasteiger partial charge >= 0.3 is 0 Å². The van der Waals surface area contributed by atoms with Crippen molar-refractivity contribution in [1.82, 2.24) is 4.98 Å². The van der Waals surface area contributed by atoms with Crippen molar-refractivity contribution < 1.29 is 10.2 Å². The molecular formula is C16H20N2O2S. The summed E-state index contributed by atoms with van der Waals surface area (Å²) in [7, 11) is 0. The highest BCUT2D eigenvalue weighted by molar-refractivity contribution is 7.09. The van der Waals surface area contributed by atoms with Gasteiger partial charge in [0, 0.05) is 29.1 Å². The molecule has 2 aromatic rings. The summed E-state index contributed by atoms with van der Waals surface area (Å²) in [6.45, 7) is 1.99. The fraction of sp³-hybridized carbons (Fsp3) is 0.438. The van der Waals surface area contributed by atoms with Gasteiger partial charge in [0.05, 0.1) is 17.2 Å². The molecule has 0 radical (unpaired) electrons. The number of nitrogen functional groups attached to an aromatic ring is 1. The lowest BCUT2D eigenvalue weighted by Gasteiger charge is -2.37. The van der Waals surface area contributed by atoms with E-state index in [9.17, 15) is 10.2 Å². The Morgan fingerprint density at radius 1 is 1.19 bits per heavy atom. The van der Waals surface area contributed by atoms with E-state index >= 15 is 0 Å². The van der Waals surface area contributed by atoms with E-state index in [4.69, 9.17) is 5.73 Å². The van der Waals surface area contributed by atoms with Gasteiger partial charge in [-0.3, -0.25) is 0 Å². The maximum Gasteiger partial charge on any atom is 0.0982 e. The predicted molar refractivity (Wildman–Crippen MR) is 84.4 cm³/mol. The van der Waals surface area contributed by atoms with Crippen LogP contribution in [0.2, 0.25) is 0 Å². The first-order valence-corrected chi connectivity index (χ1v) is 8.05. The first-order chi connectivity index (χ1) is 10.0. The van der Waals surface area contributed by atoms with Gasteiger partial charge in [-0.25, -0.2) is 4.98 Å². The quantitative estimate of drug-likeness (QED) is 0.744. The Morgan fingerprint density at radius 2 is 1.95 bits per heavy atom. The molecule has 112 valence electrons. The summed E-state index contributed by atoms with van der Waals surface area (Å²) >= 11 is 1.53. The number of hydrogen-bond donors (Lipinski definition) is 3. The second-order valence-corrected chi connectivity index (χ2v) is 6.80. The summed E-state index contributed by atoms with van der Waals surface area (Å²) in [5.41, 5.74) is 8.69. The third-order valence-electron chi connectivity index (χ3n) is 4.20. The second-order valence-electron chi connectivity index (χ2n) is 5.88. The zero-order chi connectivity index (χ0) is 15.0. The molecule has 4 atom stereocenters. The van der Waals surface area contributed by atoms with E-state index in [2.05, 4.69) is 4.98 Å². The van der Waals surface area contributed by atoms with E-state index in [1.165, 1.54) is 11.3 Å². The van der Waals surface area contributed by atoms with E-state index in [1.54, 1.807) is 6.20 Å². The number of nitrogens with two attached hydrogens (primary N) is 1. The zero-order valence-electron chi connectivity index (χ0n) is 11.9. The van der Waals surface area contributed by atoms with Crippen molar-refractivity contribution in [1.29, 1.82) is 0 Å². The lowest BCUT2D eigenvalue weighted by Crippen LogP contribution is -2.36. The van der Waals surface area contributed by atoms with Gasteiger partial charge in [0.25, 0.3) is 0 Å². The van der Waals surface area contributed by atoms with Crippen LogP contribution in [-0.4, -0.2) is 27.4 Å². The summed E-state index contributed by atoms with van der Waals surface area (Å²) in [5, 5.41) is 23.8. The van der Waals surface area contributed by atoms with Gasteiger partial charge in [-0.15, -0.1) is 11.3 Å². The van der Waals surface area contributed by atoms with E-state index < -0.39 is 12.2 Å². The zero-order valence-corrected chi connectivity index (χ0v) is 12.8. The van der Waals surface area contributed by atoms with Gasteiger partial charge < -0.3 is 15.9 Å². The predicted octanol–water partition coefficient (Wildman–Crippen LogP) is 2.42. The van der Waals surface area contributed by atoms with Crippen molar-refractivity contribution >= 4 is 17.0 Å². The molecule has 0 spiro atoms. The first kappa shape index (κ1) is 14.5. The number of aliphatic hydroxyl groups excluding tert-OH is 2. The minimum absolute atomic E-state index is 0.107. The molecule has 1 saturated carbocycles. The molecule has 1 aliphatic carbocycles. The SMILES string of the molecule is Cc1cc(N)cc(C2C[C@@H](O)C[C@@H](c3nccs3)C2O)c1. The maximum atomic E-state index is 10.8. The van der Waals surface area contributed by atoms with Crippen molar-refractivity contribution in [2.45, 2.75) is 43.8 Å². The number of benzene rings is 1. The fourth-order valence-corrected chi connectivity index (χ4v) is 4.09. The summed E-state index contributed by atoms with van der Waals surface area (Å²) < 4.78 is 0. The average Bonchev–Trinajstić information content (AvgIpc) is 2.93. The molecule has 4 N–H and O–H groups in total. The van der Waals surface area contributed by atoms with Crippen LogP contribution in [0.3, 0.4) is 0 Å². The van der Waals surface area contributed by atoms with Crippen LogP contribution < -0.4 is 5.73 Å². The Balaban J connectivity index is 1.94. The minimum Gasteiger partial charge on any atom is -0.399 e. The molecule has 1 fully saturated rings. The third kappa shape index (κ3) is 2.95. The highest BCUT2D eigenvalue weighted by atomic mass is 32.1. The van der Waals surface area contributed by atoms with Crippen LogP contribution in [-0.2, 0) is 0 Å². The standard InChI is InChI=1S/C16H20N2O2S/c1-9-4-10(6-11(17)5-9)13-7-12(19)8-14(15(13)20)16-18-2-3-21-16/h2-6,12-15,19-20H,7-8,17H2,1H3/t12-,13?,14-,15?/m1/s1. The van der Waals surface area contributed by atoms with Crippen LogP contribution >= 0.6 is 11.3 Å². The molecular weight excluding hydrogens is 284 g/mol. The largest absolute Gasteiger partial charge is 0.399 e. The fourth-order valence-electron chi connectivity index (χ4n) is 3.30. The summed E-state index contributed by atoms with van der Waals surface area (Å²) in [5.74, 6) is -0.217. The van der Waals surface area contributed by atoms with Gasteiger partial charge in [0.15, 0.2) is 0 Å². The minimum atomic E-state index is -0.541. The molecule has 0 aliphatic heterocycles. The maximum absolute atomic E-state index is 10.8. The van der Waals surface area contributed by atoms with Crippen LogP contribution in [0.5, 0.6) is 0 Å². The van der Waals surface area contributed by atoms with Gasteiger partial charge in [-0.05, 0) is 43.0 Å². The lowest BCUT2D eigenvalue weighted by atomic mass is 9.74. The van der Waals surface area contributed by atoms with Crippen LogP contribution in [0, 0.1) is 6.92 Å². The van der Waals surface area contributed by atoms with Crippen molar-refractivity contribution in [3.05, 3.63) is 45.9 Å². The second kappa shape index (κ2) is 5.75. The van der Waals surface area contributed by atoms with Crippen molar-refractivity contribution in [2.24, 2.45) is 0 Å². The Morgan fingerprint density at radius 3 is 2.62 bits per heavy atom. The lowest BCUT2D eigenvalue weighted by molar-refractivity contribution is 0.0173. The number of rotatable bonds is 2. The van der Waals surface area contributed by atoms with E-state index in [0.717, 1.165) is 16.1 Å². The summed E-state index contributed by atoms with van der Waals surface area (Å²) in [6.07, 6.45) is 1.90. The number of aliphatic hydroxyl groups is 2. The number of thiazole rings is 1. The Bertz CT molecular complexity index is 594. The molecule has 0 saturated heterocycles. The molecule has 1 aromatic carbocycles. The first-order valence-electron chi connectivity index (χ1n) is 7.17. The molecule has 3 rings (SSSR count). The Labute approximate surface area is 128 Å². The highest BCUT2D eigenvalue weighted by Gasteiger charge is 2.39. The van der Waals surface area contributed by atoms with Gasteiger partial charge in [0.2, 0.25) is 0 Å². The third-order valence-corrected chi connectivity index (χ3v) is 5.10. The van der Waals surface area contributed by atoms with E-state index in [0.29, 0.717) is 18.5 Å². The molecule has 5 heteroatoms. The summed E-state index contributed by atoms with van der Waals surface area (Å²) in [6, 6.07) is 5.85. The van der Waals surface area contributed by atoms with Crippen LogP contribution in [0.4, 0.5) is 5.69 Å². The van der Waals surface area contributed by atoms with Crippen LogP contribution in [0.1, 0.15) is 40.8 Å². The number of nitrogens with zero attached hydrogens (tertiary/aromatic N) is 1. The molecule has 1 heterocycles. The van der Waals surface area contributed by atoms with Gasteiger partial charge in [-0.1, -0.05) is 6.07 Å². The molecule has 0 bridgehead atoms. The number of aryl methyl sites for hydroxylation is 1. The number of hydrogen-bond acceptors (Lipinski definition) is 5. The normalized spacial score (nSPS) is 29.5. The Hall–Kier alpha value is -1.43. The van der Waals surface area contributed by atoms with Crippen molar-refractivity contribution in [2.75, 3.05) is 5.73 Å². The topological polar surface area (TPSA) is 79.4 Å². The smallest absolute Gasteiger partial charge is 0.0982 e. The Kier molecular flexibility index (Phi) is 3.97. The summed E-state index contributed by atoms with van der Waals surface area (Å²) in [4.78, 5) is 4.31. The van der Waals surface area contributed by atoms with E-state index in [1.807, 2.05) is 30.5 Å². The molecule has 0 amide bonds. The molecule has 1 aliphatic rings. The monoisotopic (exact) mass is 304 g/mol. The molecule has 2 unspecified atom stereocenters. The highest BCUT2D eigenvalue weighted by Crippen LogP contribution is 2.42. The van der Waals surface area contributed by atoms with Gasteiger partial charge in [0.1, 0.15) is 0 Å². The molecule has 1 aromatic heterocycles. The van der Waals surface area contributed by atoms with Crippen LogP contribution in [0.15, 0.2) is 29.8 Å².